The Morgan fingerprint density at radius 2 is 0.931 bits per heavy atom. The molecule has 0 saturated carbocycles. The van der Waals surface area contributed by atoms with Crippen LogP contribution in [0.1, 0.15) is 122 Å². The summed E-state index contributed by atoms with van der Waals surface area (Å²) in [5, 5.41) is 0. The van der Waals surface area contributed by atoms with Crippen LogP contribution in [0.25, 0.3) is 0 Å². The summed E-state index contributed by atoms with van der Waals surface area (Å²) in [4.78, 5) is 0. The average molecular weight is 429 g/mol. The van der Waals surface area contributed by atoms with Gasteiger partial charge in [0.2, 0.25) is 8.41 Å². The van der Waals surface area contributed by atoms with E-state index in [2.05, 4.69) is 6.58 Å². The van der Waals surface area contributed by atoms with Gasteiger partial charge in [-0.1, -0.05) is 121 Å². The zero-order valence-corrected chi connectivity index (χ0v) is 21.3. The van der Waals surface area contributed by atoms with Gasteiger partial charge in [-0.3, -0.25) is 0 Å². The highest BCUT2D eigenvalue weighted by molar-refractivity contribution is 6.70. The quantitative estimate of drug-likeness (QED) is 0.0680. The van der Waals surface area contributed by atoms with Crippen molar-refractivity contribution < 1.29 is 8.84 Å². The van der Waals surface area contributed by atoms with E-state index in [0.29, 0.717) is 0 Å². The summed E-state index contributed by atoms with van der Waals surface area (Å²) in [6.07, 6.45) is 24.5. The number of rotatable bonds is 23. The highest BCUT2D eigenvalue weighted by Gasteiger charge is 2.18. The minimum atomic E-state index is -2.28. The second-order valence-electron chi connectivity index (χ2n) is 9.84. The van der Waals surface area contributed by atoms with Gasteiger partial charge in [-0.2, -0.15) is 0 Å². The van der Waals surface area contributed by atoms with Gasteiger partial charge in [-0.05, 0) is 32.5 Å². The van der Waals surface area contributed by atoms with Crippen molar-refractivity contribution in [2.75, 3.05) is 13.2 Å². The summed E-state index contributed by atoms with van der Waals surface area (Å²) in [5.74, 6) is 0. The first-order chi connectivity index (χ1) is 13.9. The second kappa shape index (κ2) is 21.1. The first-order valence-corrected chi connectivity index (χ1v) is 15.9. The van der Waals surface area contributed by atoms with Crippen LogP contribution in [0, 0.1) is 0 Å². The fourth-order valence-corrected chi connectivity index (χ4v) is 4.92. The van der Waals surface area contributed by atoms with E-state index in [-0.39, 0.29) is 0 Å². The Bertz CT molecular complexity index is 351. The Morgan fingerprint density at radius 3 is 1.24 bits per heavy atom. The highest BCUT2D eigenvalue weighted by atomic mass is 28.4. The smallest absolute Gasteiger partial charge is 0.240 e. The molecule has 0 atom stereocenters. The summed E-state index contributed by atoms with van der Waals surface area (Å²) in [6.45, 7) is 11.2. The normalized spacial score (nSPS) is 11.9. The molecule has 0 fully saturated rings. The standard InChI is InChI=1S/C26H53FOSi/c1-26(2)25-28-23-21-19-17-15-13-11-9-7-5-6-8-10-12-14-16-18-20-22-24-29(3,4)27/h1,5-25H2,2-4H3. The SMILES string of the molecule is C=C(C)COCCCCCCCCCCCCCCCCCCCC[Si](C)(C)F. The van der Waals surface area contributed by atoms with Gasteiger partial charge in [0.15, 0.2) is 0 Å². The van der Waals surface area contributed by atoms with Gasteiger partial charge in [0.05, 0.1) is 6.61 Å². The van der Waals surface area contributed by atoms with E-state index < -0.39 is 8.41 Å². The number of ether oxygens (including phenoxy) is 1. The van der Waals surface area contributed by atoms with E-state index in [0.717, 1.165) is 31.3 Å². The zero-order chi connectivity index (χ0) is 21.6. The van der Waals surface area contributed by atoms with Crippen molar-refractivity contribution in [3.05, 3.63) is 12.2 Å². The minimum Gasteiger partial charge on any atom is -0.377 e. The van der Waals surface area contributed by atoms with Crippen LogP contribution in [0.5, 0.6) is 0 Å². The third-order valence-corrected chi connectivity index (χ3v) is 7.20. The second-order valence-corrected chi connectivity index (χ2v) is 13.8. The van der Waals surface area contributed by atoms with E-state index in [1.54, 1.807) is 0 Å². The molecule has 0 aliphatic rings. The molecule has 29 heavy (non-hydrogen) atoms. The third-order valence-electron chi connectivity index (χ3n) is 5.66. The highest BCUT2D eigenvalue weighted by Crippen LogP contribution is 2.18. The lowest BCUT2D eigenvalue weighted by atomic mass is 10.0. The van der Waals surface area contributed by atoms with Crippen LogP contribution in [0.2, 0.25) is 19.1 Å². The molecule has 0 heterocycles. The number of halogens is 1. The molecule has 0 rings (SSSR count). The van der Waals surface area contributed by atoms with E-state index in [1.807, 2.05) is 20.0 Å². The predicted octanol–water partition coefficient (Wildman–Crippen LogP) is 9.78. The van der Waals surface area contributed by atoms with Crippen LogP contribution in [-0.4, -0.2) is 21.6 Å². The van der Waals surface area contributed by atoms with Crippen LogP contribution in [-0.2, 0) is 4.74 Å². The molecule has 0 bridgehead atoms. The van der Waals surface area contributed by atoms with Crippen molar-refractivity contribution in [3.8, 4) is 0 Å². The molecule has 0 spiro atoms. The molecular formula is C26H53FOSi. The minimum absolute atomic E-state index is 0.725. The summed E-state index contributed by atoms with van der Waals surface area (Å²) in [6, 6.07) is 0.860. The van der Waals surface area contributed by atoms with Crippen molar-refractivity contribution >= 4 is 8.41 Å². The van der Waals surface area contributed by atoms with Crippen molar-refractivity contribution in [1.82, 2.24) is 0 Å². The number of unbranched alkanes of at least 4 members (excludes halogenated alkanes) is 17. The van der Waals surface area contributed by atoms with E-state index >= 15 is 0 Å². The van der Waals surface area contributed by atoms with E-state index in [1.165, 1.54) is 109 Å². The van der Waals surface area contributed by atoms with Gasteiger partial charge in [0, 0.05) is 6.61 Å². The molecule has 1 nitrogen and oxygen atoms in total. The van der Waals surface area contributed by atoms with Gasteiger partial charge in [0.25, 0.3) is 0 Å². The maximum atomic E-state index is 13.5. The molecule has 3 heteroatoms. The molecule has 0 N–H and O–H groups in total. The molecule has 0 aliphatic heterocycles. The van der Waals surface area contributed by atoms with Gasteiger partial charge in [0.1, 0.15) is 0 Å². The maximum Gasteiger partial charge on any atom is 0.240 e. The molecule has 0 amide bonds. The first kappa shape index (κ1) is 28.8. The van der Waals surface area contributed by atoms with Gasteiger partial charge in [-0.25, -0.2) is 0 Å². The Morgan fingerprint density at radius 1 is 0.621 bits per heavy atom. The molecule has 0 radical (unpaired) electrons. The summed E-state index contributed by atoms with van der Waals surface area (Å²) < 4.78 is 19.0. The summed E-state index contributed by atoms with van der Waals surface area (Å²) in [5.41, 5.74) is 1.12. The van der Waals surface area contributed by atoms with Crippen LogP contribution >= 0.6 is 0 Å². The third kappa shape index (κ3) is 27.8. The van der Waals surface area contributed by atoms with Crippen molar-refractivity contribution in [1.29, 1.82) is 0 Å². The molecular weight excluding hydrogens is 375 g/mol. The molecule has 0 aromatic carbocycles. The largest absolute Gasteiger partial charge is 0.377 e. The lowest BCUT2D eigenvalue weighted by Crippen LogP contribution is -2.16. The number of hydrogen-bond donors (Lipinski definition) is 0. The molecule has 0 aliphatic carbocycles. The summed E-state index contributed by atoms with van der Waals surface area (Å²) >= 11 is 0. The fraction of sp³-hybridized carbons (Fsp3) is 0.923. The van der Waals surface area contributed by atoms with Crippen LogP contribution in [0.3, 0.4) is 0 Å². The average Bonchev–Trinajstić information content (AvgIpc) is 2.64. The zero-order valence-electron chi connectivity index (χ0n) is 20.3. The van der Waals surface area contributed by atoms with Gasteiger partial charge < -0.3 is 8.84 Å². The lowest BCUT2D eigenvalue weighted by molar-refractivity contribution is 0.151. The lowest BCUT2D eigenvalue weighted by Gasteiger charge is -2.09. The first-order valence-electron chi connectivity index (χ1n) is 12.8. The Labute approximate surface area is 184 Å². The molecule has 0 aromatic heterocycles. The predicted molar refractivity (Wildman–Crippen MR) is 132 cm³/mol. The van der Waals surface area contributed by atoms with E-state index in [4.69, 9.17) is 4.74 Å². The topological polar surface area (TPSA) is 9.23 Å². The Hall–Kier alpha value is -0.153. The Balaban J connectivity index is 3.04. The fourth-order valence-electron chi connectivity index (χ4n) is 3.82. The van der Waals surface area contributed by atoms with Crippen LogP contribution < -0.4 is 0 Å². The maximum absolute atomic E-state index is 13.5. The molecule has 174 valence electrons. The van der Waals surface area contributed by atoms with Crippen LogP contribution in [0.4, 0.5) is 4.11 Å². The van der Waals surface area contributed by atoms with Crippen molar-refractivity contribution in [3.63, 3.8) is 0 Å². The van der Waals surface area contributed by atoms with Gasteiger partial charge in [-0.15, -0.1) is 0 Å². The molecule has 0 aromatic rings. The van der Waals surface area contributed by atoms with Crippen LogP contribution in [0.15, 0.2) is 12.2 Å². The van der Waals surface area contributed by atoms with Gasteiger partial charge >= 0.3 is 0 Å². The molecule has 0 unspecified atom stereocenters. The summed E-state index contributed by atoms with van der Waals surface area (Å²) in [7, 11) is -2.28. The molecule has 0 saturated heterocycles. The van der Waals surface area contributed by atoms with Crippen molar-refractivity contribution in [2.45, 2.75) is 142 Å². The monoisotopic (exact) mass is 428 g/mol. The Kier molecular flexibility index (Phi) is 21.0. The van der Waals surface area contributed by atoms with Crippen molar-refractivity contribution in [2.24, 2.45) is 0 Å². The van der Waals surface area contributed by atoms with E-state index in [9.17, 15) is 4.11 Å². The number of hydrogen-bond acceptors (Lipinski definition) is 1.